The fourth-order valence-electron chi connectivity index (χ4n) is 6.24. The van der Waals surface area contributed by atoms with E-state index in [-0.39, 0.29) is 68.9 Å². The second-order valence-corrected chi connectivity index (χ2v) is 20.5. The predicted molar refractivity (Wildman–Crippen MR) is 246 cm³/mol. The van der Waals surface area contributed by atoms with Crippen LogP contribution in [0.3, 0.4) is 0 Å². The number of imidazole rings is 2. The first-order valence-electron chi connectivity index (χ1n) is 19.3. The summed E-state index contributed by atoms with van der Waals surface area (Å²) in [5, 5.41) is -0.507. The minimum absolute atomic E-state index is 0.00618. The van der Waals surface area contributed by atoms with Gasteiger partial charge >= 0.3 is 23.4 Å². The standard InChI is InChI=1S/2C19H24BrN7O3S/c2*1-4-10-25(3)18(28)27-14-15(21)23-17(31(22,30)5-2)24-16(14)26(19(27)29)11-12-6-8-13(20)9-7-12/h2*6-9,22H,4-5,10-11H2,1-3H3,(H2,21,23,24)/t2*31-/m10/s1. The lowest BCUT2D eigenvalue weighted by Gasteiger charge is -2.16. The van der Waals surface area contributed by atoms with Gasteiger partial charge in [-0.15, -0.1) is 0 Å². The molecule has 0 unspecified atom stereocenters. The number of benzene rings is 2. The highest BCUT2D eigenvalue weighted by atomic mass is 79.9. The van der Waals surface area contributed by atoms with Gasteiger partial charge in [-0.25, -0.2) is 56.3 Å². The van der Waals surface area contributed by atoms with Crippen LogP contribution >= 0.6 is 31.9 Å². The average molecular weight is 1020 g/mol. The third kappa shape index (κ3) is 9.76. The molecule has 4 aromatic heterocycles. The number of nitrogens with two attached hydrogens (primary N) is 2. The van der Waals surface area contributed by atoms with Gasteiger partial charge in [-0.3, -0.25) is 9.13 Å². The number of fused-ring (bicyclic) bond motifs is 2. The SMILES string of the molecule is CCCN(C)C(=O)n1c(=O)n(Cc2ccc(Br)cc2)c2nc([S@@](=N)(=O)CC)nc(N)c21.CCCN(C)C(=O)n1c(=O)n(Cc2ccc(Br)cc2)c2nc([S@](=N)(=O)CC)nc(N)c21. The van der Waals surface area contributed by atoms with E-state index in [1.165, 1.54) is 18.9 Å². The number of hydrogen-bond acceptors (Lipinski definition) is 14. The normalized spacial score (nSPS) is 13.3. The predicted octanol–water partition coefficient (Wildman–Crippen LogP) is 5.44. The topological polar surface area (TPSA) is 280 Å². The Kier molecular flexibility index (Phi) is 14.8. The van der Waals surface area contributed by atoms with Crippen LogP contribution in [0.15, 0.2) is 77.4 Å². The second kappa shape index (κ2) is 19.3. The van der Waals surface area contributed by atoms with Gasteiger partial charge in [-0.05, 0) is 48.2 Å². The van der Waals surface area contributed by atoms with Gasteiger partial charge in [-0.2, -0.15) is 9.97 Å². The van der Waals surface area contributed by atoms with Gasteiger partial charge < -0.3 is 21.3 Å². The molecule has 24 heteroatoms. The highest BCUT2D eigenvalue weighted by Crippen LogP contribution is 2.24. The summed E-state index contributed by atoms with van der Waals surface area (Å²) in [5.74, 6) is -0.349. The molecule has 6 rings (SSSR count). The number of nitrogens with one attached hydrogen (secondary N) is 2. The third-order valence-electron chi connectivity index (χ3n) is 9.61. The number of halogens is 2. The van der Waals surface area contributed by atoms with E-state index in [1.54, 1.807) is 27.9 Å². The van der Waals surface area contributed by atoms with Crippen LogP contribution in [0, 0.1) is 9.56 Å². The number of aromatic nitrogens is 8. The molecule has 2 atom stereocenters. The minimum atomic E-state index is -3.28. The molecule has 0 fully saturated rings. The highest BCUT2D eigenvalue weighted by molar-refractivity contribution is 9.10. The van der Waals surface area contributed by atoms with E-state index in [0.717, 1.165) is 29.2 Å². The number of anilines is 2. The molecule has 2 amide bonds. The summed E-state index contributed by atoms with van der Waals surface area (Å²) < 4.78 is 47.5. The van der Waals surface area contributed by atoms with Crippen molar-refractivity contribution in [2.75, 3.05) is 50.2 Å². The summed E-state index contributed by atoms with van der Waals surface area (Å²) in [5.41, 5.74) is 12.8. The lowest BCUT2D eigenvalue weighted by Crippen LogP contribution is -2.38. The van der Waals surface area contributed by atoms with E-state index in [9.17, 15) is 27.6 Å². The van der Waals surface area contributed by atoms with E-state index < -0.39 is 42.9 Å². The number of hydrogen-bond donors (Lipinski definition) is 4. The van der Waals surface area contributed by atoms with Crippen molar-refractivity contribution < 1.29 is 18.0 Å². The molecule has 20 nitrogen and oxygen atoms in total. The molecule has 0 aliphatic carbocycles. The monoisotopic (exact) mass is 1020 g/mol. The first-order valence-corrected chi connectivity index (χ1v) is 24.3. The second-order valence-electron chi connectivity index (χ2n) is 14.1. The molecular weight excluding hydrogens is 972 g/mol. The minimum Gasteiger partial charge on any atom is -0.382 e. The maximum Gasteiger partial charge on any atom is 0.339 e. The maximum atomic E-state index is 13.3. The number of rotatable bonds is 12. The first-order chi connectivity index (χ1) is 29.2. The summed E-state index contributed by atoms with van der Waals surface area (Å²) >= 11 is 6.75. The molecule has 0 aliphatic rings. The van der Waals surface area contributed by atoms with Crippen molar-refractivity contribution in [1.29, 1.82) is 9.56 Å². The zero-order valence-electron chi connectivity index (χ0n) is 34.9. The lowest BCUT2D eigenvalue weighted by molar-refractivity contribution is 0.210. The van der Waals surface area contributed by atoms with Crippen molar-refractivity contribution in [3.8, 4) is 0 Å². The molecule has 332 valence electrons. The highest BCUT2D eigenvalue weighted by Gasteiger charge is 2.29. The Balaban J connectivity index is 0.000000234. The van der Waals surface area contributed by atoms with Crippen LogP contribution in [0.5, 0.6) is 0 Å². The summed E-state index contributed by atoms with van der Waals surface area (Å²) in [6.45, 7) is 8.12. The van der Waals surface area contributed by atoms with Crippen LogP contribution in [0.4, 0.5) is 21.2 Å². The van der Waals surface area contributed by atoms with Crippen LogP contribution in [-0.2, 0) is 32.5 Å². The van der Waals surface area contributed by atoms with Crippen molar-refractivity contribution >= 4 is 97.3 Å². The number of nitrogen functional groups attached to an aromatic ring is 2. The zero-order valence-corrected chi connectivity index (χ0v) is 39.7. The number of amides is 2. The fourth-order valence-corrected chi connectivity index (χ4v) is 8.24. The van der Waals surface area contributed by atoms with Crippen LogP contribution in [0.25, 0.3) is 22.3 Å². The Morgan fingerprint density at radius 1 is 0.629 bits per heavy atom. The summed E-state index contributed by atoms with van der Waals surface area (Å²) in [6.07, 6.45) is 1.42. The van der Waals surface area contributed by atoms with E-state index in [0.29, 0.717) is 25.9 Å². The van der Waals surface area contributed by atoms with Crippen molar-refractivity contribution in [1.82, 2.24) is 48.0 Å². The van der Waals surface area contributed by atoms with Gasteiger partial charge in [-0.1, -0.05) is 83.8 Å². The molecule has 62 heavy (non-hydrogen) atoms. The van der Waals surface area contributed by atoms with Crippen molar-refractivity contribution in [3.63, 3.8) is 0 Å². The van der Waals surface area contributed by atoms with Gasteiger partial charge in [0.25, 0.3) is 0 Å². The molecule has 0 bridgehead atoms. The quantitative estimate of drug-likeness (QED) is 0.112. The largest absolute Gasteiger partial charge is 0.382 e. The average Bonchev–Trinajstić information content (AvgIpc) is 3.68. The van der Waals surface area contributed by atoms with E-state index in [4.69, 9.17) is 21.0 Å². The molecule has 6 N–H and O–H groups in total. The number of nitrogens with zero attached hydrogens (tertiary/aromatic N) is 10. The lowest BCUT2D eigenvalue weighted by atomic mass is 10.2. The van der Waals surface area contributed by atoms with E-state index >= 15 is 0 Å². The smallest absolute Gasteiger partial charge is 0.339 e. The maximum absolute atomic E-state index is 13.3. The van der Waals surface area contributed by atoms with E-state index in [2.05, 4.69) is 51.8 Å². The number of carbonyl (C=O) groups excluding carboxylic acids is 2. The molecule has 0 saturated carbocycles. The van der Waals surface area contributed by atoms with Crippen LogP contribution in [0.2, 0.25) is 0 Å². The summed E-state index contributed by atoms with van der Waals surface area (Å²) in [7, 11) is -3.38. The first kappa shape index (κ1) is 47.6. The van der Waals surface area contributed by atoms with Gasteiger partial charge in [0, 0.05) is 47.6 Å². The van der Waals surface area contributed by atoms with Crippen molar-refractivity contribution in [3.05, 3.63) is 89.6 Å². The third-order valence-corrected chi connectivity index (χ3v) is 13.8. The van der Waals surface area contributed by atoms with Crippen LogP contribution in [0.1, 0.15) is 51.7 Å². The fraction of sp³-hybridized carbons (Fsp3) is 0.368. The Morgan fingerprint density at radius 3 is 1.24 bits per heavy atom. The molecule has 2 aromatic carbocycles. The molecule has 0 spiro atoms. The van der Waals surface area contributed by atoms with Crippen LogP contribution < -0.4 is 22.8 Å². The number of carbonyl (C=O) groups is 2. The van der Waals surface area contributed by atoms with Gasteiger partial charge in [0.15, 0.2) is 22.9 Å². The summed E-state index contributed by atoms with van der Waals surface area (Å²) in [6, 6.07) is 13.5. The molecule has 6 aromatic rings. The molecular formula is C38H48Br2N14O6S2. The molecule has 0 aliphatic heterocycles. The van der Waals surface area contributed by atoms with E-state index in [1.807, 2.05) is 62.4 Å². The Hall–Kier alpha value is -5.46. The Bertz CT molecular complexity index is 2800. The molecule has 0 saturated heterocycles. The van der Waals surface area contributed by atoms with Crippen molar-refractivity contribution in [2.24, 2.45) is 0 Å². The summed E-state index contributed by atoms with van der Waals surface area (Å²) in [4.78, 5) is 72.1. The van der Waals surface area contributed by atoms with Crippen LogP contribution in [-0.4, -0.2) is 107 Å². The van der Waals surface area contributed by atoms with Gasteiger partial charge in [0.2, 0.25) is 10.3 Å². The zero-order chi connectivity index (χ0) is 45.8. The Labute approximate surface area is 374 Å². The Morgan fingerprint density at radius 2 is 0.952 bits per heavy atom. The van der Waals surface area contributed by atoms with Gasteiger partial charge in [0.1, 0.15) is 30.5 Å². The van der Waals surface area contributed by atoms with Gasteiger partial charge in [0.05, 0.1) is 13.1 Å². The molecule has 4 heterocycles. The molecule has 0 radical (unpaired) electrons. The van der Waals surface area contributed by atoms with Crippen molar-refractivity contribution in [2.45, 2.75) is 63.9 Å².